The van der Waals surface area contributed by atoms with E-state index in [2.05, 4.69) is 19.2 Å². The maximum absolute atomic E-state index is 12.5. The molecule has 1 fully saturated rings. The van der Waals surface area contributed by atoms with Crippen molar-refractivity contribution >= 4 is 28.4 Å². The number of carbonyl (C=O) groups is 2. The molecular formula is C18H23N3O2. The fraction of sp³-hybridized carbons (Fsp3) is 0.444. The van der Waals surface area contributed by atoms with Crippen LogP contribution in [0.15, 0.2) is 30.5 Å². The molecule has 5 heteroatoms. The molecule has 3 rings (SSSR count). The zero-order valence-corrected chi connectivity index (χ0v) is 13.9. The maximum atomic E-state index is 12.5. The van der Waals surface area contributed by atoms with Gasteiger partial charge in [-0.2, -0.15) is 0 Å². The molecule has 1 aliphatic heterocycles. The van der Waals surface area contributed by atoms with Crippen molar-refractivity contribution in [1.82, 2.24) is 9.47 Å². The van der Waals surface area contributed by atoms with Crippen LogP contribution in [0.2, 0.25) is 0 Å². The zero-order valence-electron chi connectivity index (χ0n) is 13.9. The Kier molecular flexibility index (Phi) is 4.11. The van der Waals surface area contributed by atoms with E-state index in [0.29, 0.717) is 18.9 Å². The van der Waals surface area contributed by atoms with Gasteiger partial charge < -0.3 is 14.8 Å². The lowest BCUT2D eigenvalue weighted by Gasteiger charge is -2.18. The van der Waals surface area contributed by atoms with Gasteiger partial charge in [0, 0.05) is 43.7 Å². The Bertz CT molecular complexity index is 748. The molecule has 5 nitrogen and oxygen atoms in total. The number of anilines is 1. The number of amides is 2. The van der Waals surface area contributed by atoms with Gasteiger partial charge in [-0.15, -0.1) is 0 Å². The van der Waals surface area contributed by atoms with Crippen LogP contribution in [0.5, 0.6) is 0 Å². The molecule has 2 heterocycles. The number of aromatic nitrogens is 1. The quantitative estimate of drug-likeness (QED) is 0.943. The Morgan fingerprint density at radius 1 is 1.35 bits per heavy atom. The first-order valence-corrected chi connectivity index (χ1v) is 8.08. The van der Waals surface area contributed by atoms with E-state index in [1.807, 2.05) is 42.1 Å². The molecule has 0 spiro atoms. The van der Waals surface area contributed by atoms with E-state index in [4.69, 9.17) is 0 Å². The predicted octanol–water partition coefficient (Wildman–Crippen LogP) is 2.62. The second-order valence-corrected chi connectivity index (χ2v) is 6.75. The smallest absolute Gasteiger partial charge is 0.229 e. The van der Waals surface area contributed by atoms with Crippen molar-refractivity contribution in [3.8, 4) is 0 Å². The van der Waals surface area contributed by atoms with Crippen LogP contribution in [-0.2, 0) is 16.6 Å². The molecular weight excluding hydrogens is 290 g/mol. The zero-order chi connectivity index (χ0) is 16.6. The van der Waals surface area contributed by atoms with Crippen LogP contribution in [0.3, 0.4) is 0 Å². The van der Waals surface area contributed by atoms with Crippen molar-refractivity contribution in [2.24, 2.45) is 18.9 Å². The minimum Gasteiger partial charge on any atom is -0.350 e. The van der Waals surface area contributed by atoms with Crippen molar-refractivity contribution < 1.29 is 9.59 Å². The Hall–Kier alpha value is -2.30. The summed E-state index contributed by atoms with van der Waals surface area (Å²) in [6.07, 6.45) is 2.28. The fourth-order valence-corrected chi connectivity index (χ4v) is 3.21. The summed E-state index contributed by atoms with van der Waals surface area (Å²) in [7, 11) is 1.98. The van der Waals surface area contributed by atoms with Crippen molar-refractivity contribution in [2.45, 2.75) is 20.3 Å². The van der Waals surface area contributed by atoms with E-state index < -0.39 is 0 Å². The molecule has 23 heavy (non-hydrogen) atoms. The summed E-state index contributed by atoms with van der Waals surface area (Å²) < 4.78 is 2.02. The lowest BCUT2D eigenvalue weighted by molar-refractivity contribution is -0.128. The second-order valence-electron chi connectivity index (χ2n) is 6.75. The Labute approximate surface area is 136 Å². The third-order valence-electron chi connectivity index (χ3n) is 4.36. The Morgan fingerprint density at radius 2 is 2.13 bits per heavy atom. The largest absolute Gasteiger partial charge is 0.350 e. The van der Waals surface area contributed by atoms with E-state index in [9.17, 15) is 9.59 Å². The minimum absolute atomic E-state index is 0.0686. The third-order valence-corrected chi connectivity index (χ3v) is 4.36. The number of nitrogens with one attached hydrogen (secondary N) is 1. The van der Waals surface area contributed by atoms with Crippen molar-refractivity contribution in [1.29, 1.82) is 0 Å². The molecule has 0 radical (unpaired) electrons. The molecule has 2 amide bonds. The number of hydrogen-bond acceptors (Lipinski definition) is 2. The van der Waals surface area contributed by atoms with Gasteiger partial charge in [-0.3, -0.25) is 9.59 Å². The Balaban J connectivity index is 1.73. The maximum Gasteiger partial charge on any atom is 0.229 e. The number of fused-ring (bicyclic) bond motifs is 1. The number of carbonyl (C=O) groups excluding carboxylic acids is 2. The molecule has 1 aliphatic rings. The highest BCUT2D eigenvalue weighted by Crippen LogP contribution is 2.26. The highest BCUT2D eigenvalue weighted by molar-refractivity contribution is 6.03. The summed E-state index contributed by atoms with van der Waals surface area (Å²) in [6, 6.07) is 7.86. The van der Waals surface area contributed by atoms with Crippen molar-refractivity contribution in [2.75, 3.05) is 18.4 Å². The number of benzene rings is 1. The normalized spacial score (nSPS) is 18.2. The fourth-order valence-electron chi connectivity index (χ4n) is 3.21. The molecule has 1 unspecified atom stereocenters. The molecule has 0 saturated carbocycles. The van der Waals surface area contributed by atoms with Gasteiger partial charge in [-0.25, -0.2) is 0 Å². The van der Waals surface area contributed by atoms with Gasteiger partial charge in [-0.1, -0.05) is 19.9 Å². The van der Waals surface area contributed by atoms with Crippen molar-refractivity contribution in [3.05, 3.63) is 30.5 Å². The van der Waals surface area contributed by atoms with Crippen LogP contribution >= 0.6 is 0 Å². The van der Waals surface area contributed by atoms with Crippen molar-refractivity contribution in [3.63, 3.8) is 0 Å². The lowest BCUT2D eigenvalue weighted by atomic mass is 10.1. The van der Waals surface area contributed by atoms with E-state index in [1.54, 1.807) is 4.90 Å². The third kappa shape index (κ3) is 3.09. The van der Waals surface area contributed by atoms with E-state index >= 15 is 0 Å². The monoisotopic (exact) mass is 313 g/mol. The summed E-state index contributed by atoms with van der Waals surface area (Å²) in [5, 5.41) is 4.02. The summed E-state index contributed by atoms with van der Waals surface area (Å²) in [4.78, 5) is 26.4. The highest BCUT2D eigenvalue weighted by atomic mass is 16.2. The number of nitrogens with zero attached hydrogens (tertiary/aromatic N) is 2. The number of rotatable bonds is 4. The molecule has 1 atom stereocenters. The molecule has 1 N–H and O–H groups in total. The average Bonchev–Trinajstić information content (AvgIpc) is 3.04. The molecule has 1 aromatic carbocycles. The molecule has 1 aromatic heterocycles. The first kappa shape index (κ1) is 15.6. The summed E-state index contributed by atoms with van der Waals surface area (Å²) in [5.74, 6) is 0.164. The predicted molar refractivity (Wildman–Crippen MR) is 91.1 cm³/mol. The second kappa shape index (κ2) is 6.07. The van der Waals surface area contributed by atoms with Crippen LogP contribution < -0.4 is 5.32 Å². The summed E-state index contributed by atoms with van der Waals surface area (Å²) in [6.45, 7) is 5.40. The highest BCUT2D eigenvalue weighted by Gasteiger charge is 2.34. The van der Waals surface area contributed by atoms with Crippen LogP contribution in [0, 0.1) is 11.8 Å². The standard InChI is InChI=1S/C18H23N3O2/c1-12(2)10-21-11-13(9-17(21)22)18(23)19-15-5-4-6-16-14(15)7-8-20(16)3/h4-8,12-13H,9-11H2,1-3H3,(H,19,23). The van der Waals surface area contributed by atoms with Gasteiger partial charge in [0.15, 0.2) is 0 Å². The van der Waals surface area contributed by atoms with Gasteiger partial charge >= 0.3 is 0 Å². The average molecular weight is 313 g/mol. The number of hydrogen-bond donors (Lipinski definition) is 1. The first-order chi connectivity index (χ1) is 11.0. The Morgan fingerprint density at radius 3 is 2.87 bits per heavy atom. The number of likely N-dealkylation sites (tertiary alicyclic amines) is 1. The molecule has 1 saturated heterocycles. The first-order valence-electron chi connectivity index (χ1n) is 8.08. The van der Waals surface area contributed by atoms with Crippen LogP contribution in [0.4, 0.5) is 5.69 Å². The molecule has 122 valence electrons. The van der Waals surface area contributed by atoms with E-state index in [0.717, 1.165) is 23.1 Å². The van der Waals surface area contributed by atoms with Gasteiger partial charge in [0.1, 0.15) is 0 Å². The molecule has 0 aliphatic carbocycles. The van der Waals surface area contributed by atoms with E-state index in [-0.39, 0.29) is 17.7 Å². The van der Waals surface area contributed by atoms with Gasteiger partial charge in [0.25, 0.3) is 0 Å². The molecule has 0 bridgehead atoms. The van der Waals surface area contributed by atoms with E-state index in [1.165, 1.54) is 0 Å². The van der Waals surface area contributed by atoms with Crippen LogP contribution in [-0.4, -0.2) is 34.4 Å². The summed E-state index contributed by atoms with van der Waals surface area (Å²) in [5.41, 5.74) is 1.88. The molecule has 2 aromatic rings. The van der Waals surface area contributed by atoms with Gasteiger partial charge in [-0.05, 0) is 24.1 Å². The summed E-state index contributed by atoms with van der Waals surface area (Å²) >= 11 is 0. The number of aryl methyl sites for hydroxylation is 1. The van der Waals surface area contributed by atoms with Gasteiger partial charge in [0.2, 0.25) is 11.8 Å². The van der Waals surface area contributed by atoms with Gasteiger partial charge in [0.05, 0.1) is 11.6 Å². The lowest BCUT2D eigenvalue weighted by Crippen LogP contribution is -2.31. The van der Waals surface area contributed by atoms with Crippen LogP contribution in [0.1, 0.15) is 20.3 Å². The SMILES string of the molecule is CC(C)CN1CC(C(=O)Nc2cccc3c2ccn3C)CC1=O. The minimum atomic E-state index is -0.264. The topological polar surface area (TPSA) is 54.3 Å². The van der Waals surface area contributed by atoms with Crippen LogP contribution in [0.25, 0.3) is 10.9 Å².